The first-order chi connectivity index (χ1) is 6.84. The van der Waals surface area contributed by atoms with Gasteiger partial charge in [-0.2, -0.15) is 0 Å². The van der Waals surface area contributed by atoms with Crippen LogP contribution in [0, 0.1) is 5.92 Å². The zero-order valence-electron chi connectivity index (χ0n) is 7.77. The van der Waals surface area contributed by atoms with Gasteiger partial charge in [-0.3, -0.25) is 0 Å². The van der Waals surface area contributed by atoms with E-state index in [0.717, 1.165) is 5.70 Å². The fraction of sp³-hybridized carbons (Fsp3) is 0.0769. The molecule has 0 aromatic heterocycles. The van der Waals surface area contributed by atoms with Crippen LogP contribution in [0.3, 0.4) is 0 Å². The van der Waals surface area contributed by atoms with E-state index in [9.17, 15) is 0 Å². The summed E-state index contributed by atoms with van der Waals surface area (Å²) in [5.74, 6) is 0.386. The fourth-order valence-corrected chi connectivity index (χ4v) is 2.16. The Kier molecular flexibility index (Phi) is 1.42. The first-order valence-electron chi connectivity index (χ1n) is 4.81. The summed E-state index contributed by atoms with van der Waals surface area (Å²) in [6.45, 7) is 0. The number of rotatable bonds is 0. The van der Waals surface area contributed by atoms with E-state index in [4.69, 9.17) is 5.73 Å². The highest BCUT2D eigenvalue weighted by Gasteiger charge is 2.15. The zero-order valence-corrected chi connectivity index (χ0v) is 7.77. The fourth-order valence-electron chi connectivity index (χ4n) is 2.16. The number of hydrogen-bond acceptors (Lipinski definition) is 1. The molecule has 0 unspecified atom stereocenters. The second-order valence-electron chi connectivity index (χ2n) is 3.74. The molecule has 0 aliphatic heterocycles. The van der Waals surface area contributed by atoms with Crippen LogP contribution in [0.4, 0.5) is 0 Å². The zero-order chi connectivity index (χ0) is 9.54. The van der Waals surface area contributed by atoms with Crippen LogP contribution in [0.5, 0.6) is 0 Å². The second kappa shape index (κ2) is 2.61. The minimum atomic E-state index is 0.386. The van der Waals surface area contributed by atoms with Gasteiger partial charge in [-0.15, -0.1) is 0 Å². The Morgan fingerprint density at radius 2 is 1.86 bits per heavy atom. The first-order valence-corrected chi connectivity index (χ1v) is 4.81. The third-order valence-electron chi connectivity index (χ3n) is 2.82. The molecule has 0 saturated carbocycles. The average molecular weight is 181 g/mol. The molecule has 14 heavy (non-hydrogen) atoms. The molecule has 0 saturated heterocycles. The van der Waals surface area contributed by atoms with Gasteiger partial charge in [0.1, 0.15) is 0 Å². The van der Waals surface area contributed by atoms with E-state index in [1.54, 1.807) is 0 Å². The van der Waals surface area contributed by atoms with Crippen molar-refractivity contribution >= 4 is 11.6 Å². The number of allylic oxidation sites excluding steroid dienone is 3. The molecule has 1 nitrogen and oxygen atoms in total. The normalized spacial score (nSPS) is 22.4. The van der Waals surface area contributed by atoms with E-state index in [2.05, 4.69) is 42.5 Å². The summed E-state index contributed by atoms with van der Waals surface area (Å²) in [7, 11) is 0. The molecular formula is C13H11N. The van der Waals surface area contributed by atoms with Crippen molar-refractivity contribution in [2.75, 3.05) is 0 Å². The highest BCUT2D eigenvalue weighted by atomic mass is 14.6. The van der Waals surface area contributed by atoms with Crippen LogP contribution >= 0.6 is 0 Å². The number of benzene rings is 1. The molecule has 0 amide bonds. The van der Waals surface area contributed by atoms with Crippen LogP contribution in [-0.4, -0.2) is 0 Å². The van der Waals surface area contributed by atoms with Crippen molar-refractivity contribution in [2.24, 2.45) is 11.7 Å². The van der Waals surface area contributed by atoms with Crippen molar-refractivity contribution in [3.63, 3.8) is 0 Å². The van der Waals surface area contributed by atoms with Crippen LogP contribution in [0.15, 0.2) is 48.2 Å². The Balaban J connectivity index is 2.36. The molecule has 1 heteroatoms. The first kappa shape index (κ1) is 7.63. The van der Waals surface area contributed by atoms with Crippen LogP contribution < -0.4 is 16.2 Å². The van der Waals surface area contributed by atoms with E-state index < -0.39 is 0 Å². The van der Waals surface area contributed by atoms with Gasteiger partial charge < -0.3 is 5.73 Å². The highest BCUT2D eigenvalue weighted by molar-refractivity contribution is 5.74. The van der Waals surface area contributed by atoms with Crippen molar-refractivity contribution < 1.29 is 0 Å². The Morgan fingerprint density at radius 1 is 1.00 bits per heavy atom. The molecule has 1 aromatic carbocycles. The molecule has 1 aromatic rings. The predicted molar refractivity (Wildman–Crippen MR) is 58.5 cm³/mol. The third kappa shape index (κ3) is 0.956. The SMILES string of the molecule is NC1=C[C@H]2C=c3ccccc3=C2C=C1. The Hall–Kier alpha value is -1.76. The molecular weight excluding hydrogens is 170 g/mol. The minimum absolute atomic E-state index is 0.386. The average Bonchev–Trinajstić information content (AvgIpc) is 2.54. The molecule has 68 valence electrons. The third-order valence-corrected chi connectivity index (χ3v) is 2.82. The maximum atomic E-state index is 5.77. The molecule has 2 aliphatic carbocycles. The Labute approximate surface area is 82.6 Å². The van der Waals surface area contributed by atoms with Crippen molar-refractivity contribution in [1.82, 2.24) is 0 Å². The quantitative estimate of drug-likeness (QED) is 0.625. The van der Waals surface area contributed by atoms with Crippen molar-refractivity contribution in [3.05, 3.63) is 58.6 Å². The maximum Gasteiger partial charge on any atom is 0.0282 e. The molecule has 0 radical (unpaired) electrons. The molecule has 2 N–H and O–H groups in total. The standard InChI is InChI=1S/C13H11N/c14-11-5-6-13-10(8-11)7-9-3-1-2-4-12(9)13/h1-8,10H,14H2/t10-/m1/s1. The Morgan fingerprint density at radius 3 is 2.79 bits per heavy atom. The molecule has 0 bridgehead atoms. The lowest BCUT2D eigenvalue weighted by atomic mass is 9.95. The maximum absolute atomic E-state index is 5.77. The van der Waals surface area contributed by atoms with Gasteiger partial charge in [0.15, 0.2) is 0 Å². The summed E-state index contributed by atoms with van der Waals surface area (Å²) in [6, 6.07) is 8.47. The summed E-state index contributed by atoms with van der Waals surface area (Å²) in [6.07, 6.45) is 8.47. The summed E-state index contributed by atoms with van der Waals surface area (Å²) >= 11 is 0. The van der Waals surface area contributed by atoms with Gasteiger partial charge in [0.2, 0.25) is 0 Å². The van der Waals surface area contributed by atoms with Gasteiger partial charge >= 0.3 is 0 Å². The molecule has 0 heterocycles. The van der Waals surface area contributed by atoms with Gasteiger partial charge in [0, 0.05) is 11.6 Å². The topological polar surface area (TPSA) is 26.0 Å². The van der Waals surface area contributed by atoms with Crippen molar-refractivity contribution in [2.45, 2.75) is 0 Å². The summed E-state index contributed by atoms with van der Waals surface area (Å²) in [5, 5.41) is 2.67. The molecule has 0 fully saturated rings. The predicted octanol–water partition coefficient (Wildman–Crippen LogP) is 0.660. The smallest absolute Gasteiger partial charge is 0.0282 e. The summed E-state index contributed by atoms with van der Waals surface area (Å²) < 4.78 is 0. The van der Waals surface area contributed by atoms with Crippen LogP contribution in [0.2, 0.25) is 0 Å². The van der Waals surface area contributed by atoms with E-state index >= 15 is 0 Å². The lowest BCUT2D eigenvalue weighted by Crippen LogP contribution is -2.21. The summed E-state index contributed by atoms with van der Waals surface area (Å²) in [4.78, 5) is 0. The molecule has 1 atom stereocenters. The monoisotopic (exact) mass is 181 g/mol. The molecule has 0 spiro atoms. The molecule has 2 aliphatic rings. The van der Waals surface area contributed by atoms with Gasteiger partial charge in [-0.05, 0) is 22.1 Å². The van der Waals surface area contributed by atoms with Gasteiger partial charge in [-0.25, -0.2) is 0 Å². The highest BCUT2D eigenvalue weighted by Crippen LogP contribution is 2.23. The van der Waals surface area contributed by atoms with E-state index in [0.29, 0.717) is 5.92 Å². The lowest BCUT2D eigenvalue weighted by Gasteiger charge is -2.11. The molecule has 3 rings (SSSR count). The summed E-state index contributed by atoms with van der Waals surface area (Å²) in [5.41, 5.74) is 8.00. The van der Waals surface area contributed by atoms with Crippen LogP contribution in [0.1, 0.15) is 0 Å². The van der Waals surface area contributed by atoms with Gasteiger partial charge in [0.25, 0.3) is 0 Å². The minimum Gasteiger partial charge on any atom is -0.399 e. The van der Waals surface area contributed by atoms with Crippen LogP contribution in [0.25, 0.3) is 11.6 Å². The van der Waals surface area contributed by atoms with Crippen molar-refractivity contribution in [1.29, 1.82) is 0 Å². The van der Waals surface area contributed by atoms with Crippen LogP contribution in [-0.2, 0) is 0 Å². The number of hydrogen-bond donors (Lipinski definition) is 1. The van der Waals surface area contributed by atoms with E-state index in [1.165, 1.54) is 16.0 Å². The number of nitrogens with two attached hydrogens (primary N) is 1. The lowest BCUT2D eigenvalue weighted by molar-refractivity contribution is 1.13. The Bertz CT molecular complexity index is 561. The van der Waals surface area contributed by atoms with Crippen molar-refractivity contribution in [3.8, 4) is 0 Å². The van der Waals surface area contributed by atoms with E-state index in [-0.39, 0.29) is 0 Å². The second-order valence-corrected chi connectivity index (χ2v) is 3.74. The largest absolute Gasteiger partial charge is 0.399 e. The van der Waals surface area contributed by atoms with Gasteiger partial charge in [-0.1, -0.05) is 42.5 Å². The van der Waals surface area contributed by atoms with Gasteiger partial charge in [0.05, 0.1) is 0 Å². The van der Waals surface area contributed by atoms with E-state index in [1.807, 2.05) is 6.08 Å². The number of fused-ring (bicyclic) bond motifs is 2.